The molecule has 0 aromatic heterocycles. The number of carbonyl (C=O) groups excluding carboxylic acids is 1. The van der Waals surface area contributed by atoms with Gasteiger partial charge in [-0.3, -0.25) is 4.79 Å². The van der Waals surface area contributed by atoms with Crippen molar-refractivity contribution in [3.8, 4) is 0 Å². The smallest absolute Gasteiger partial charge is 0.256 e. The maximum atomic E-state index is 13.4. The summed E-state index contributed by atoms with van der Waals surface area (Å²) >= 11 is 0. The number of carbonyl (C=O) groups is 1. The lowest BCUT2D eigenvalue weighted by Crippen LogP contribution is -2.31. The number of nitrogen functional groups attached to an aromatic ring is 1. The molecule has 0 unspecified atom stereocenters. The Morgan fingerprint density at radius 3 is 2.47 bits per heavy atom. The van der Waals surface area contributed by atoms with Crippen molar-refractivity contribution in [3.05, 3.63) is 29.6 Å². The van der Waals surface area contributed by atoms with Gasteiger partial charge in [0.1, 0.15) is 5.82 Å². The maximum absolute atomic E-state index is 13.4. The molecule has 0 saturated heterocycles. The van der Waals surface area contributed by atoms with Gasteiger partial charge in [0.25, 0.3) is 5.91 Å². The van der Waals surface area contributed by atoms with Crippen LogP contribution in [0.5, 0.6) is 0 Å². The molecule has 15 heavy (non-hydrogen) atoms. The van der Waals surface area contributed by atoms with Gasteiger partial charge in [-0.25, -0.2) is 4.39 Å². The van der Waals surface area contributed by atoms with Crippen LogP contribution in [0.3, 0.4) is 0 Å². The zero-order valence-electron chi connectivity index (χ0n) is 8.96. The fraction of sp³-hybridized carbons (Fsp3) is 0.364. The van der Waals surface area contributed by atoms with Crippen LogP contribution in [0.2, 0.25) is 0 Å². The Morgan fingerprint density at radius 1 is 1.40 bits per heavy atom. The van der Waals surface area contributed by atoms with E-state index in [1.165, 1.54) is 12.1 Å². The predicted octanol–water partition coefficient (Wildman–Crippen LogP) is 1.89. The molecule has 0 fully saturated rings. The largest absolute Gasteiger partial charge is 0.399 e. The number of nitrogens with zero attached hydrogens (tertiary/aromatic N) is 1. The molecule has 1 amide bonds. The fourth-order valence-electron chi connectivity index (χ4n) is 1.39. The first-order valence-corrected chi connectivity index (χ1v) is 4.94. The molecule has 1 aromatic rings. The molecule has 82 valence electrons. The molecule has 0 saturated carbocycles. The Balaban J connectivity index is 3.00. The lowest BCUT2D eigenvalue weighted by molar-refractivity contribution is 0.0768. The molecule has 0 aliphatic rings. The van der Waals surface area contributed by atoms with E-state index in [9.17, 15) is 9.18 Å². The van der Waals surface area contributed by atoms with Crippen molar-refractivity contribution in [3.63, 3.8) is 0 Å². The number of nitrogens with two attached hydrogens (primary N) is 1. The molecule has 0 atom stereocenters. The van der Waals surface area contributed by atoms with Crippen LogP contribution in [0.4, 0.5) is 10.1 Å². The highest BCUT2D eigenvalue weighted by Crippen LogP contribution is 2.13. The molecular formula is C11H15FN2O. The van der Waals surface area contributed by atoms with Crippen LogP contribution in [0.1, 0.15) is 24.2 Å². The van der Waals surface area contributed by atoms with Gasteiger partial charge >= 0.3 is 0 Å². The summed E-state index contributed by atoms with van der Waals surface area (Å²) in [6.45, 7) is 4.85. The van der Waals surface area contributed by atoms with Crippen LogP contribution in [0.15, 0.2) is 18.2 Å². The van der Waals surface area contributed by atoms with E-state index in [4.69, 9.17) is 5.73 Å². The lowest BCUT2D eigenvalue weighted by Gasteiger charge is -2.18. The van der Waals surface area contributed by atoms with Crippen LogP contribution in [0, 0.1) is 5.82 Å². The molecule has 0 aliphatic heterocycles. The van der Waals surface area contributed by atoms with E-state index in [0.29, 0.717) is 18.8 Å². The number of anilines is 1. The van der Waals surface area contributed by atoms with Crippen molar-refractivity contribution in [2.24, 2.45) is 0 Å². The fourth-order valence-corrected chi connectivity index (χ4v) is 1.39. The Bertz CT molecular complexity index is 362. The molecule has 1 rings (SSSR count). The summed E-state index contributed by atoms with van der Waals surface area (Å²) in [4.78, 5) is 13.3. The number of hydrogen-bond acceptors (Lipinski definition) is 2. The Kier molecular flexibility index (Phi) is 3.66. The Labute approximate surface area is 88.7 Å². The highest BCUT2D eigenvalue weighted by molar-refractivity contribution is 5.94. The third kappa shape index (κ3) is 2.46. The van der Waals surface area contributed by atoms with Crippen LogP contribution < -0.4 is 5.73 Å². The second-order valence-electron chi connectivity index (χ2n) is 3.22. The van der Waals surface area contributed by atoms with E-state index in [0.717, 1.165) is 6.07 Å². The van der Waals surface area contributed by atoms with E-state index in [1.807, 2.05) is 13.8 Å². The molecule has 0 radical (unpaired) electrons. The number of halogens is 1. The van der Waals surface area contributed by atoms with E-state index in [-0.39, 0.29) is 11.5 Å². The van der Waals surface area contributed by atoms with Crippen molar-refractivity contribution in [1.82, 2.24) is 4.90 Å². The monoisotopic (exact) mass is 210 g/mol. The molecule has 4 heteroatoms. The zero-order valence-corrected chi connectivity index (χ0v) is 8.96. The van der Waals surface area contributed by atoms with Gasteiger partial charge in [-0.15, -0.1) is 0 Å². The summed E-state index contributed by atoms with van der Waals surface area (Å²) in [6.07, 6.45) is 0. The van der Waals surface area contributed by atoms with E-state index in [2.05, 4.69) is 0 Å². The molecule has 0 aliphatic carbocycles. The van der Waals surface area contributed by atoms with Gasteiger partial charge in [-0.05, 0) is 32.0 Å². The van der Waals surface area contributed by atoms with Crippen molar-refractivity contribution in [1.29, 1.82) is 0 Å². The molecule has 2 N–H and O–H groups in total. The topological polar surface area (TPSA) is 46.3 Å². The predicted molar refractivity (Wildman–Crippen MR) is 58.1 cm³/mol. The normalized spacial score (nSPS) is 10.1. The van der Waals surface area contributed by atoms with Crippen LogP contribution in [-0.4, -0.2) is 23.9 Å². The Morgan fingerprint density at radius 2 is 2.00 bits per heavy atom. The van der Waals surface area contributed by atoms with Crippen molar-refractivity contribution in [2.45, 2.75) is 13.8 Å². The van der Waals surface area contributed by atoms with Crippen molar-refractivity contribution in [2.75, 3.05) is 18.8 Å². The van der Waals surface area contributed by atoms with E-state index in [1.54, 1.807) is 4.90 Å². The van der Waals surface area contributed by atoms with Crippen LogP contribution in [0.25, 0.3) is 0 Å². The number of rotatable bonds is 3. The minimum absolute atomic E-state index is 0.0768. The second-order valence-corrected chi connectivity index (χ2v) is 3.22. The second kappa shape index (κ2) is 4.77. The number of amides is 1. The molecule has 3 nitrogen and oxygen atoms in total. The van der Waals surface area contributed by atoms with E-state index >= 15 is 0 Å². The average molecular weight is 210 g/mol. The first-order chi connectivity index (χ1) is 7.10. The molecular weight excluding hydrogens is 195 g/mol. The van der Waals surface area contributed by atoms with Crippen molar-refractivity contribution < 1.29 is 9.18 Å². The summed E-state index contributed by atoms with van der Waals surface area (Å²) in [5.41, 5.74) is 5.80. The number of benzene rings is 1. The van der Waals surface area contributed by atoms with Gasteiger partial charge in [0, 0.05) is 18.8 Å². The van der Waals surface area contributed by atoms with Gasteiger partial charge in [-0.2, -0.15) is 0 Å². The Hall–Kier alpha value is -1.58. The quantitative estimate of drug-likeness (QED) is 0.774. The van der Waals surface area contributed by atoms with Gasteiger partial charge < -0.3 is 10.6 Å². The zero-order chi connectivity index (χ0) is 11.4. The summed E-state index contributed by atoms with van der Waals surface area (Å²) in [6, 6.07) is 4.11. The minimum Gasteiger partial charge on any atom is -0.399 e. The van der Waals surface area contributed by atoms with E-state index < -0.39 is 5.82 Å². The third-order valence-electron chi connectivity index (χ3n) is 2.27. The standard InChI is InChI=1S/C11H15FN2O/c1-3-14(4-2)11(15)9-6-5-8(13)7-10(9)12/h5-7H,3-4,13H2,1-2H3. The van der Waals surface area contributed by atoms with Gasteiger partial charge in [0.2, 0.25) is 0 Å². The number of hydrogen-bond donors (Lipinski definition) is 1. The first kappa shape index (κ1) is 11.5. The summed E-state index contributed by atoms with van der Waals surface area (Å²) in [7, 11) is 0. The lowest BCUT2D eigenvalue weighted by atomic mass is 10.1. The van der Waals surface area contributed by atoms with Gasteiger partial charge in [-0.1, -0.05) is 0 Å². The highest BCUT2D eigenvalue weighted by atomic mass is 19.1. The maximum Gasteiger partial charge on any atom is 0.256 e. The molecule has 0 spiro atoms. The first-order valence-electron chi connectivity index (χ1n) is 4.94. The summed E-state index contributed by atoms with van der Waals surface area (Å²) in [5, 5.41) is 0. The van der Waals surface area contributed by atoms with Crippen LogP contribution in [-0.2, 0) is 0 Å². The SMILES string of the molecule is CCN(CC)C(=O)c1ccc(N)cc1F. The van der Waals surface area contributed by atoms with Gasteiger partial charge in [0.15, 0.2) is 0 Å². The van der Waals surface area contributed by atoms with Crippen molar-refractivity contribution >= 4 is 11.6 Å². The summed E-state index contributed by atoms with van der Waals surface area (Å²) < 4.78 is 13.4. The molecule has 0 bridgehead atoms. The highest BCUT2D eigenvalue weighted by Gasteiger charge is 2.16. The summed E-state index contributed by atoms with van der Waals surface area (Å²) in [5.74, 6) is -0.857. The third-order valence-corrected chi connectivity index (χ3v) is 2.27. The molecule has 0 heterocycles. The minimum atomic E-state index is -0.563. The molecule has 1 aromatic carbocycles. The average Bonchev–Trinajstić information content (AvgIpc) is 2.19. The van der Waals surface area contributed by atoms with Gasteiger partial charge in [0.05, 0.1) is 5.56 Å². The van der Waals surface area contributed by atoms with Crippen LogP contribution >= 0.6 is 0 Å².